The van der Waals surface area contributed by atoms with E-state index < -0.39 is 5.97 Å². The third-order valence-electron chi connectivity index (χ3n) is 8.62. The van der Waals surface area contributed by atoms with Gasteiger partial charge in [-0.3, -0.25) is 14.7 Å². The molecule has 0 unspecified atom stereocenters. The predicted molar refractivity (Wildman–Crippen MR) is 176 cm³/mol. The number of aliphatic carboxylic acids is 1. The van der Waals surface area contributed by atoms with Gasteiger partial charge in [0, 0.05) is 70.2 Å². The second kappa shape index (κ2) is 16.2. The Morgan fingerprint density at radius 1 is 0.978 bits per heavy atom. The molecule has 0 radical (unpaired) electrons. The SMILES string of the molecule is COCCN(CCOC)Cc1nc(C)c(CC(=O)O)c(N2CCC(C)(C)CC2)c1-c1ccc(OCCc2ccc(F)cc2)cc1. The molecule has 0 atom stereocenters. The number of benzene rings is 2. The first-order chi connectivity index (χ1) is 21.6. The Hall–Kier alpha value is -3.53. The molecule has 2 heterocycles. The zero-order valence-electron chi connectivity index (χ0n) is 27.4. The third-order valence-corrected chi connectivity index (χ3v) is 8.62. The lowest BCUT2D eigenvalue weighted by molar-refractivity contribution is -0.136. The van der Waals surface area contributed by atoms with Crippen molar-refractivity contribution in [3.05, 3.63) is 76.9 Å². The summed E-state index contributed by atoms with van der Waals surface area (Å²) in [5, 5.41) is 9.96. The summed E-state index contributed by atoms with van der Waals surface area (Å²) in [5.41, 5.74) is 6.56. The van der Waals surface area contributed by atoms with Gasteiger partial charge in [0.2, 0.25) is 0 Å². The summed E-state index contributed by atoms with van der Waals surface area (Å²) in [6.07, 6.45) is 2.61. The Kier molecular flexibility index (Phi) is 12.3. The number of methoxy groups -OCH3 is 2. The molecule has 1 aromatic heterocycles. The maximum atomic E-state index is 13.3. The van der Waals surface area contributed by atoms with E-state index in [9.17, 15) is 14.3 Å². The van der Waals surface area contributed by atoms with E-state index in [1.165, 1.54) is 12.1 Å². The number of aromatic nitrogens is 1. The average molecular weight is 622 g/mol. The van der Waals surface area contributed by atoms with E-state index in [0.29, 0.717) is 45.9 Å². The summed E-state index contributed by atoms with van der Waals surface area (Å²) in [6.45, 7) is 11.8. The highest BCUT2D eigenvalue weighted by Gasteiger charge is 2.31. The quantitative estimate of drug-likeness (QED) is 0.204. The maximum absolute atomic E-state index is 13.3. The minimum absolute atomic E-state index is 0.0943. The number of hydrogen-bond acceptors (Lipinski definition) is 7. The Morgan fingerprint density at radius 3 is 2.18 bits per heavy atom. The van der Waals surface area contributed by atoms with Crippen molar-refractivity contribution in [2.75, 3.05) is 65.1 Å². The molecule has 1 fully saturated rings. The molecule has 45 heavy (non-hydrogen) atoms. The lowest BCUT2D eigenvalue weighted by Crippen LogP contribution is -2.39. The number of carboxylic acid groups (broad SMARTS) is 1. The molecule has 0 spiro atoms. The van der Waals surface area contributed by atoms with Crippen molar-refractivity contribution in [1.82, 2.24) is 9.88 Å². The van der Waals surface area contributed by atoms with Crippen LogP contribution in [0.3, 0.4) is 0 Å². The van der Waals surface area contributed by atoms with Gasteiger partial charge in [-0.2, -0.15) is 0 Å². The van der Waals surface area contributed by atoms with Crippen molar-refractivity contribution in [3.63, 3.8) is 0 Å². The van der Waals surface area contributed by atoms with Crippen molar-refractivity contribution >= 4 is 11.7 Å². The summed E-state index contributed by atoms with van der Waals surface area (Å²) < 4.78 is 30.1. The first-order valence-electron chi connectivity index (χ1n) is 15.8. The Balaban J connectivity index is 1.73. The van der Waals surface area contributed by atoms with Gasteiger partial charge in [0.05, 0.1) is 37.6 Å². The summed E-state index contributed by atoms with van der Waals surface area (Å²) in [5.74, 6) is -0.389. The normalized spacial score (nSPS) is 14.6. The number of hydrogen-bond donors (Lipinski definition) is 1. The fourth-order valence-corrected chi connectivity index (χ4v) is 5.83. The number of halogens is 1. The number of carbonyl (C=O) groups is 1. The van der Waals surface area contributed by atoms with Crippen molar-refractivity contribution in [1.29, 1.82) is 0 Å². The highest BCUT2D eigenvalue weighted by atomic mass is 19.1. The van der Waals surface area contributed by atoms with Crippen LogP contribution in [-0.2, 0) is 33.7 Å². The molecular weight excluding hydrogens is 573 g/mol. The standard InChI is InChI=1S/C36H48FN3O5/c1-26-31(24-33(41)42)35(40-17-15-36(2,3)16-18-40)34(32(38-26)25-39(19-22-43-4)20-23-44-5)28-8-12-30(13-9-28)45-21-14-27-6-10-29(37)11-7-27/h6-13H,14-25H2,1-5H3,(H,41,42). The van der Waals surface area contributed by atoms with Gasteiger partial charge in [-0.25, -0.2) is 4.39 Å². The van der Waals surface area contributed by atoms with Crippen LogP contribution in [0.1, 0.15) is 49.2 Å². The Labute approximate surface area is 267 Å². The number of ether oxygens (including phenoxy) is 3. The van der Waals surface area contributed by atoms with Gasteiger partial charge in [-0.15, -0.1) is 0 Å². The van der Waals surface area contributed by atoms with Crippen molar-refractivity contribution in [2.45, 2.75) is 53.0 Å². The zero-order valence-corrected chi connectivity index (χ0v) is 27.4. The lowest BCUT2D eigenvalue weighted by Gasteiger charge is -2.40. The fraction of sp³-hybridized carbons (Fsp3) is 0.500. The van der Waals surface area contributed by atoms with Crippen molar-refractivity contribution in [2.24, 2.45) is 5.41 Å². The summed E-state index contributed by atoms with van der Waals surface area (Å²) in [4.78, 5) is 21.9. The second-order valence-electron chi connectivity index (χ2n) is 12.6. The van der Waals surface area contributed by atoms with E-state index in [2.05, 4.69) is 23.6 Å². The minimum atomic E-state index is -0.871. The molecule has 0 saturated carbocycles. The molecule has 8 nitrogen and oxygen atoms in total. The first kappa shape index (κ1) is 34.3. The van der Waals surface area contributed by atoms with Crippen LogP contribution < -0.4 is 9.64 Å². The summed E-state index contributed by atoms with van der Waals surface area (Å²) in [7, 11) is 3.39. The van der Waals surface area contributed by atoms with E-state index in [4.69, 9.17) is 19.2 Å². The second-order valence-corrected chi connectivity index (χ2v) is 12.6. The molecule has 0 aliphatic carbocycles. The monoisotopic (exact) mass is 621 g/mol. The van der Waals surface area contributed by atoms with E-state index in [1.807, 2.05) is 31.2 Å². The molecule has 1 saturated heterocycles. The van der Waals surface area contributed by atoms with E-state index in [-0.39, 0.29) is 17.7 Å². The Bertz CT molecular complexity index is 1380. The number of pyridine rings is 1. The van der Waals surface area contributed by atoms with Crippen LogP contribution in [0.2, 0.25) is 0 Å². The maximum Gasteiger partial charge on any atom is 0.307 e. The Morgan fingerprint density at radius 2 is 1.60 bits per heavy atom. The number of anilines is 1. The van der Waals surface area contributed by atoms with E-state index in [1.54, 1.807) is 26.4 Å². The number of carboxylic acids is 1. The number of aryl methyl sites for hydroxylation is 1. The van der Waals surface area contributed by atoms with Crippen LogP contribution in [0, 0.1) is 18.2 Å². The summed E-state index contributed by atoms with van der Waals surface area (Å²) >= 11 is 0. The van der Waals surface area contributed by atoms with Crippen molar-refractivity contribution < 1.29 is 28.5 Å². The molecule has 1 N–H and O–H groups in total. The molecule has 1 aliphatic rings. The van der Waals surface area contributed by atoms with Gasteiger partial charge in [0.15, 0.2) is 0 Å². The topological polar surface area (TPSA) is 84.4 Å². The first-order valence-corrected chi connectivity index (χ1v) is 15.8. The predicted octanol–water partition coefficient (Wildman–Crippen LogP) is 6.17. The molecule has 1 aliphatic heterocycles. The molecule has 0 amide bonds. The molecule has 2 aromatic carbocycles. The van der Waals surface area contributed by atoms with Crippen molar-refractivity contribution in [3.8, 4) is 16.9 Å². The van der Waals surface area contributed by atoms with Gasteiger partial charge in [-0.05, 0) is 60.6 Å². The van der Waals surface area contributed by atoms with Crippen LogP contribution in [0.5, 0.6) is 5.75 Å². The van der Waals surface area contributed by atoms with Crippen LogP contribution in [0.15, 0.2) is 48.5 Å². The zero-order chi connectivity index (χ0) is 32.4. The number of nitrogens with zero attached hydrogens (tertiary/aromatic N) is 3. The molecule has 3 aromatic rings. The smallest absolute Gasteiger partial charge is 0.307 e. The lowest BCUT2D eigenvalue weighted by atomic mass is 9.82. The molecule has 4 rings (SSSR count). The van der Waals surface area contributed by atoms with E-state index in [0.717, 1.165) is 71.0 Å². The van der Waals surface area contributed by atoms with Crippen LogP contribution >= 0.6 is 0 Å². The van der Waals surface area contributed by atoms with E-state index >= 15 is 0 Å². The summed E-state index contributed by atoms with van der Waals surface area (Å²) in [6, 6.07) is 14.5. The highest BCUT2D eigenvalue weighted by molar-refractivity contribution is 5.86. The van der Waals surface area contributed by atoms with Gasteiger partial charge >= 0.3 is 5.97 Å². The molecular formula is C36H48FN3O5. The third kappa shape index (κ3) is 9.73. The van der Waals surface area contributed by atoms with Gasteiger partial charge in [-0.1, -0.05) is 38.1 Å². The van der Waals surface area contributed by atoms with Gasteiger partial charge in [0.1, 0.15) is 11.6 Å². The van der Waals surface area contributed by atoms with Gasteiger partial charge in [0.25, 0.3) is 0 Å². The molecule has 244 valence electrons. The highest BCUT2D eigenvalue weighted by Crippen LogP contribution is 2.42. The number of piperidine rings is 1. The van der Waals surface area contributed by atoms with Gasteiger partial charge < -0.3 is 24.2 Å². The largest absolute Gasteiger partial charge is 0.493 e. The molecule has 9 heteroatoms. The molecule has 0 bridgehead atoms. The van der Waals surface area contributed by atoms with Crippen LogP contribution in [-0.4, -0.2) is 81.2 Å². The van der Waals surface area contributed by atoms with Crippen LogP contribution in [0.4, 0.5) is 10.1 Å². The average Bonchev–Trinajstić information content (AvgIpc) is 3.01. The minimum Gasteiger partial charge on any atom is -0.493 e. The number of rotatable bonds is 16. The van der Waals surface area contributed by atoms with Crippen LogP contribution in [0.25, 0.3) is 11.1 Å². The fourth-order valence-electron chi connectivity index (χ4n) is 5.83.